The van der Waals surface area contributed by atoms with Crippen LogP contribution in [0.2, 0.25) is 0 Å². The van der Waals surface area contributed by atoms with Crippen molar-refractivity contribution in [3.05, 3.63) is 29.8 Å². The molecule has 0 aliphatic carbocycles. The predicted molar refractivity (Wildman–Crippen MR) is 169 cm³/mol. The van der Waals surface area contributed by atoms with Crippen LogP contribution in [0.15, 0.2) is 34.3 Å². The Morgan fingerprint density at radius 2 is 1.73 bits per heavy atom. The molecule has 242 valence electrons. The van der Waals surface area contributed by atoms with Gasteiger partial charge in [0.25, 0.3) is 0 Å². The first-order valence-electron chi connectivity index (χ1n) is 15.2. The molecule has 4 aliphatic rings. The van der Waals surface area contributed by atoms with Crippen molar-refractivity contribution in [2.45, 2.75) is 37.5 Å². The molecule has 3 fully saturated rings. The van der Waals surface area contributed by atoms with E-state index in [1.807, 2.05) is 36.2 Å². The standard InChI is InChI=1S/C29H45N9O5S/c1-31-28(30)36-11-9-21(10-12-36)27(39)38-18-23(35-13-15-37(16-14-35)44(4,41)42)17-25(38)26-33-24(19-34(26)2)20-5-7-22(8-6-20)32-29(40)43-3/h5-8,21,23,25-26H,9-19H2,1-4H3,(H2,30,31)(H,32,40). The minimum atomic E-state index is -3.23. The summed E-state index contributed by atoms with van der Waals surface area (Å²) >= 11 is 0. The van der Waals surface area contributed by atoms with Crippen LogP contribution in [0.5, 0.6) is 0 Å². The summed E-state index contributed by atoms with van der Waals surface area (Å²) in [6.45, 7) is 4.83. The van der Waals surface area contributed by atoms with Gasteiger partial charge in [0.2, 0.25) is 15.9 Å². The van der Waals surface area contributed by atoms with Gasteiger partial charge in [-0.2, -0.15) is 4.31 Å². The van der Waals surface area contributed by atoms with Gasteiger partial charge < -0.3 is 20.3 Å². The summed E-state index contributed by atoms with van der Waals surface area (Å²) in [6.07, 6.45) is 2.74. The number of anilines is 1. The summed E-state index contributed by atoms with van der Waals surface area (Å²) in [5.74, 6) is 0.574. The summed E-state index contributed by atoms with van der Waals surface area (Å²) in [7, 11) is 1.82. The number of nitrogens with two attached hydrogens (primary N) is 1. The molecule has 0 spiro atoms. The van der Waals surface area contributed by atoms with Crippen LogP contribution in [0.4, 0.5) is 10.5 Å². The number of hydrogen-bond donors (Lipinski definition) is 2. The number of carbonyl (C=O) groups excluding carboxylic acids is 2. The van der Waals surface area contributed by atoms with E-state index in [0.717, 1.165) is 30.5 Å². The number of ether oxygens (including phenoxy) is 1. The highest BCUT2D eigenvalue weighted by Crippen LogP contribution is 2.33. The van der Waals surface area contributed by atoms with Crippen molar-refractivity contribution in [2.75, 3.05) is 85.1 Å². The van der Waals surface area contributed by atoms with Gasteiger partial charge in [-0.3, -0.25) is 29.9 Å². The zero-order valence-corrected chi connectivity index (χ0v) is 26.9. The molecule has 0 radical (unpaired) electrons. The number of hydrogen-bond acceptors (Lipinski definition) is 9. The first-order valence-corrected chi connectivity index (χ1v) is 17.0. The van der Waals surface area contributed by atoms with Gasteiger partial charge >= 0.3 is 6.09 Å². The van der Waals surface area contributed by atoms with Crippen LogP contribution in [-0.4, -0.2) is 154 Å². The molecule has 15 heteroatoms. The molecular weight excluding hydrogens is 586 g/mol. The molecule has 14 nitrogen and oxygen atoms in total. The fraction of sp³-hybridized carbons (Fsp3) is 0.655. The van der Waals surface area contributed by atoms with E-state index in [1.165, 1.54) is 17.7 Å². The highest BCUT2D eigenvalue weighted by atomic mass is 32.2. The number of amides is 2. The van der Waals surface area contributed by atoms with Crippen molar-refractivity contribution in [2.24, 2.45) is 21.6 Å². The number of nitrogens with zero attached hydrogens (tertiary/aromatic N) is 7. The van der Waals surface area contributed by atoms with Crippen molar-refractivity contribution in [3.8, 4) is 0 Å². The third-order valence-corrected chi connectivity index (χ3v) is 10.7. The smallest absolute Gasteiger partial charge is 0.411 e. The van der Waals surface area contributed by atoms with Gasteiger partial charge in [0.05, 0.1) is 25.1 Å². The van der Waals surface area contributed by atoms with Crippen LogP contribution in [0.25, 0.3) is 0 Å². The number of piperidine rings is 1. The number of likely N-dealkylation sites (tertiary alicyclic amines) is 2. The fourth-order valence-corrected chi connectivity index (χ4v) is 7.69. The molecule has 3 atom stereocenters. The molecule has 3 N–H and O–H groups in total. The molecule has 3 saturated heterocycles. The van der Waals surface area contributed by atoms with E-state index >= 15 is 0 Å². The lowest BCUT2D eigenvalue weighted by Gasteiger charge is -2.37. The summed E-state index contributed by atoms with van der Waals surface area (Å²) in [5, 5.41) is 2.67. The molecule has 2 amide bonds. The van der Waals surface area contributed by atoms with Crippen molar-refractivity contribution >= 4 is 39.4 Å². The maximum Gasteiger partial charge on any atom is 0.411 e. The molecule has 3 unspecified atom stereocenters. The second-order valence-corrected chi connectivity index (χ2v) is 14.1. The second kappa shape index (κ2) is 13.4. The Balaban J connectivity index is 1.34. The van der Waals surface area contributed by atoms with Gasteiger partial charge in [0.1, 0.15) is 6.17 Å². The molecule has 0 saturated carbocycles. The van der Waals surface area contributed by atoms with Crippen LogP contribution in [0.1, 0.15) is 24.8 Å². The quantitative estimate of drug-likeness (QED) is 0.329. The summed E-state index contributed by atoms with van der Waals surface area (Å²) in [4.78, 5) is 43.6. The van der Waals surface area contributed by atoms with Gasteiger partial charge in [-0.25, -0.2) is 13.2 Å². The van der Waals surface area contributed by atoms with Gasteiger partial charge in [-0.1, -0.05) is 12.1 Å². The number of piperazine rings is 1. The molecule has 4 aliphatic heterocycles. The lowest BCUT2D eigenvalue weighted by molar-refractivity contribution is -0.138. The number of aliphatic imine (C=N–C) groups is 2. The Labute approximate surface area is 259 Å². The van der Waals surface area contributed by atoms with Crippen LogP contribution < -0.4 is 11.1 Å². The molecule has 44 heavy (non-hydrogen) atoms. The third-order valence-electron chi connectivity index (χ3n) is 9.39. The largest absolute Gasteiger partial charge is 0.453 e. The lowest BCUT2D eigenvalue weighted by Crippen LogP contribution is -2.53. The number of nitrogens with one attached hydrogen (secondary N) is 1. The maximum absolute atomic E-state index is 14.2. The van der Waals surface area contributed by atoms with Crippen molar-refractivity contribution < 1.29 is 22.7 Å². The average Bonchev–Trinajstić information content (AvgIpc) is 3.64. The van der Waals surface area contributed by atoms with Crippen molar-refractivity contribution in [1.29, 1.82) is 0 Å². The van der Waals surface area contributed by atoms with Crippen molar-refractivity contribution in [1.82, 2.24) is 23.9 Å². The number of sulfonamides is 1. The van der Waals surface area contributed by atoms with E-state index in [0.29, 0.717) is 64.0 Å². The summed E-state index contributed by atoms with van der Waals surface area (Å²) in [5.41, 5.74) is 8.56. The first-order chi connectivity index (χ1) is 21.0. The highest BCUT2D eigenvalue weighted by Gasteiger charge is 2.47. The number of guanidine groups is 1. The Morgan fingerprint density at radius 1 is 1.07 bits per heavy atom. The molecule has 5 rings (SSSR count). The van der Waals surface area contributed by atoms with Crippen LogP contribution in [0.3, 0.4) is 0 Å². The van der Waals surface area contributed by atoms with E-state index < -0.39 is 16.1 Å². The summed E-state index contributed by atoms with van der Waals surface area (Å²) < 4.78 is 30.4. The number of likely N-dealkylation sites (N-methyl/N-ethyl adjacent to an activating group) is 1. The van der Waals surface area contributed by atoms with E-state index in [9.17, 15) is 18.0 Å². The lowest BCUT2D eigenvalue weighted by atomic mass is 9.95. The molecular formula is C29H45N9O5S. The molecule has 0 bridgehead atoms. The Kier molecular flexibility index (Phi) is 9.77. The van der Waals surface area contributed by atoms with Gasteiger partial charge in [0, 0.05) is 77.1 Å². The molecule has 4 heterocycles. The fourth-order valence-electron chi connectivity index (χ4n) is 6.86. The highest BCUT2D eigenvalue weighted by molar-refractivity contribution is 7.88. The summed E-state index contributed by atoms with van der Waals surface area (Å²) in [6, 6.07) is 7.53. The molecule has 1 aromatic rings. The van der Waals surface area contributed by atoms with Gasteiger partial charge in [0.15, 0.2) is 5.96 Å². The molecule has 0 aromatic heterocycles. The van der Waals surface area contributed by atoms with E-state index in [1.54, 1.807) is 7.05 Å². The van der Waals surface area contributed by atoms with Crippen LogP contribution >= 0.6 is 0 Å². The van der Waals surface area contributed by atoms with Gasteiger partial charge in [-0.15, -0.1) is 0 Å². The van der Waals surface area contributed by atoms with E-state index in [-0.39, 0.29) is 30.1 Å². The predicted octanol–water partition coefficient (Wildman–Crippen LogP) is 0.129. The zero-order valence-electron chi connectivity index (χ0n) is 26.1. The van der Waals surface area contributed by atoms with Crippen molar-refractivity contribution in [3.63, 3.8) is 0 Å². The minimum Gasteiger partial charge on any atom is -0.453 e. The monoisotopic (exact) mass is 631 g/mol. The Bertz CT molecular complexity index is 1370. The van der Waals surface area contributed by atoms with Crippen LogP contribution in [0, 0.1) is 5.92 Å². The first kappa shape index (κ1) is 32.1. The number of carbonyl (C=O) groups is 2. The number of methoxy groups -OCH3 is 1. The second-order valence-electron chi connectivity index (χ2n) is 12.1. The number of rotatable bonds is 6. The minimum absolute atomic E-state index is 0.0933. The van der Waals surface area contributed by atoms with Crippen LogP contribution in [-0.2, 0) is 19.6 Å². The Hall–Kier alpha value is -3.27. The van der Waals surface area contributed by atoms with Gasteiger partial charge in [-0.05, 0) is 44.0 Å². The average molecular weight is 632 g/mol. The van der Waals surface area contributed by atoms with E-state index in [2.05, 4.69) is 29.7 Å². The topological polar surface area (TPSA) is 156 Å². The number of benzene rings is 1. The SMILES string of the molecule is CN=C(N)N1CCC(C(=O)N2CC(N3CCN(S(C)(=O)=O)CC3)CC2C2N=C(c3ccc(NC(=O)OC)cc3)CN2C)CC1. The maximum atomic E-state index is 14.2. The van der Waals surface area contributed by atoms with E-state index in [4.69, 9.17) is 10.7 Å². The zero-order chi connectivity index (χ0) is 31.6. The molecule has 1 aromatic carbocycles. The Morgan fingerprint density at radius 3 is 2.32 bits per heavy atom. The normalized spacial score (nSPS) is 26.6. The third kappa shape index (κ3) is 7.00.